The molecule has 3 aromatic rings. The predicted octanol–water partition coefficient (Wildman–Crippen LogP) is -0.221. The van der Waals surface area contributed by atoms with Crippen molar-refractivity contribution in [3.8, 4) is 0 Å². The van der Waals surface area contributed by atoms with Gasteiger partial charge in [0, 0.05) is 5.69 Å². The second-order valence-corrected chi connectivity index (χ2v) is 12.9. The summed E-state index contributed by atoms with van der Waals surface area (Å²) in [7, 11) is 0. The average molecular weight is 724 g/mol. The third-order valence-corrected chi connectivity index (χ3v) is 7.96. The van der Waals surface area contributed by atoms with Crippen LogP contribution in [0.25, 0.3) is 0 Å². The molecule has 2 aromatic carbocycles. The molecule has 0 saturated carbocycles. The maximum Gasteiger partial charge on any atom is 0.335 e. The first kappa shape index (κ1) is 40.7. The smallest absolute Gasteiger partial charge is 0.335 e. The summed E-state index contributed by atoms with van der Waals surface area (Å²) in [4.78, 5) is 77.5. The lowest BCUT2D eigenvalue weighted by atomic mass is 9.93. The molecule has 4 atom stereocenters. The van der Waals surface area contributed by atoms with Crippen LogP contribution >= 0.6 is 0 Å². The number of carboxylic acids is 1. The fourth-order valence-corrected chi connectivity index (χ4v) is 5.04. The first-order valence-corrected chi connectivity index (χ1v) is 16.6. The summed E-state index contributed by atoms with van der Waals surface area (Å²) in [6.45, 7) is 5.56. The highest BCUT2D eigenvalue weighted by Crippen LogP contribution is 2.19. The minimum atomic E-state index is -2.17. The van der Waals surface area contributed by atoms with E-state index in [1.165, 1.54) is 24.3 Å². The van der Waals surface area contributed by atoms with E-state index in [2.05, 4.69) is 47.2 Å². The molecule has 5 amide bonds. The van der Waals surface area contributed by atoms with Gasteiger partial charge in [-0.25, -0.2) is 4.79 Å². The Morgan fingerprint density at radius 1 is 0.865 bits per heavy atom. The summed E-state index contributed by atoms with van der Waals surface area (Å²) in [6.07, 6.45) is 0.273. The molecule has 0 aliphatic rings. The Hall–Kier alpha value is -5.75. The van der Waals surface area contributed by atoms with Gasteiger partial charge in [-0.3, -0.25) is 24.0 Å². The molecule has 1 unspecified atom stereocenters. The zero-order valence-electron chi connectivity index (χ0n) is 29.3. The van der Waals surface area contributed by atoms with Crippen molar-refractivity contribution >= 4 is 41.2 Å². The molecule has 280 valence electrons. The van der Waals surface area contributed by atoms with Crippen LogP contribution in [0, 0.1) is 11.8 Å². The molecule has 0 radical (unpaired) electrons. The van der Waals surface area contributed by atoms with Gasteiger partial charge < -0.3 is 41.9 Å². The van der Waals surface area contributed by atoms with Crippen LogP contribution < -0.4 is 26.6 Å². The summed E-state index contributed by atoms with van der Waals surface area (Å²) in [6, 6.07) is 10.7. The lowest BCUT2D eigenvalue weighted by Crippen LogP contribution is -2.60. The summed E-state index contributed by atoms with van der Waals surface area (Å²) in [5.74, 6) is -6.31. The summed E-state index contributed by atoms with van der Waals surface area (Å²) < 4.78 is 0. The van der Waals surface area contributed by atoms with Crippen LogP contribution in [-0.2, 0) is 25.6 Å². The number of amides is 5. The molecule has 0 aliphatic heterocycles. The third-order valence-electron chi connectivity index (χ3n) is 7.96. The number of hydrogen-bond acceptors (Lipinski definition) is 11. The molecule has 52 heavy (non-hydrogen) atoms. The SMILES string of the molecule is CC(C)C[C@H](NC(=O)[C@@H](NC(=O)[C@H](CO)NC(=O)c1nn[nH]n1)C(C)C)C(=O)NCC(O)(CCc1ccccc1)C(=O)Nc1cccc(C(=O)O)c1. The number of nitrogens with zero attached hydrogens (tertiary/aromatic N) is 3. The molecule has 18 heteroatoms. The highest BCUT2D eigenvalue weighted by molar-refractivity contribution is 5.99. The van der Waals surface area contributed by atoms with Gasteiger partial charge in [-0.2, -0.15) is 5.21 Å². The Morgan fingerprint density at radius 2 is 1.58 bits per heavy atom. The van der Waals surface area contributed by atoms with E-state index in [1.807, 2.05) is 32.0 Å². The minimum absolute atomic E-state index is 0.0809. The number of anilines is 1. The van der Waals surface area contributed by atoms with Gasteiger partial charge in [-0.1, -0.05) is 64.1 Å². The number of aliphatic hydroxyl groups excluding tert-OH is 1. The van der Waals surface area contributed by atoms with E-state index < -0.39 is 78.3 Å². The monoisotopic (exact) mass is 723 g/mol. The number of tetrazole rings is 1. The van der Waals surface area contributed by atoms with Crippen molar-refractivity contribution in [1.82, 2.24) is 41.9 Å². The molecule has 0 spiro atoms. The molecule has 0 saturated heterocycles. The van der Waals surface area contributed by atoms with E-state index in [1.54, 1.807) is 26.0 Å². The largest absolute Gasteiger partial charge is 0.478 e. The van der Waals surface area contributed by atoms with Crippen LogP contribution in [0.4, 0.5) is 5.69 Å². The number of nitrogens with one attached hydrogen (secondary N) is 6. The van der Waals surface area contributed by atoms with Gasteiger partial charge in [0.2, 0.25) is 17.7 Å². The topological polar surface area (TPSA) is 278 Å². The van der Waals surface area contributed by atoms with Crippen LogP contribution in [0.15, 0.2) is 54.6 Å². The van der Waals surface area contributed by atoms with Crippen LogP contribution in [0.2, 0.25) is 0 Å². The Balaban J connectivity index is 1.75. The van der Waals surface area contributed by atoms with Gasteiger partial charge in [0.05, 0.1) is 18.7 Å². The fourth-order valence-electron chi connectivity index (χ4n) is 5.04. The van der Waals surface area contributed by atoms with Gasteiger partial charge in [0.1, 0.15) is 18.1 Å². The number of carbonyl (C=O) groups excluding carboxylic acids is 5. The molecule has 3 rings (SSSR count). The lowest BCUT2D eigenvalue weighted by Gasteiger charge is -2.30. The summed E-state index contributed by atoms with van der Waals surface area (Å²) in [5, 5.41) is 55.7. The van der Waals surface area contributed by atoms with Crippen molar-refractivity contribution in [1.29, 1.82) is 0 Å². The van der Waals surface area contributed by atoms with Crippen molar-refractivity contribution in [2.75, 3.05) is 18.5 Å². The molecular formula is C34H45N9O9. The Labute approximate surface area is 299 Å². The van der Waals surface area contributed by atoms with E-state index in [9.17, 15) is 44.1 Å². The molecule has 0 aliphatic carbocycles. The Bertz CT molecular complexity index is 1690. The van der Waals surface area contributed by atoms with Gasteiger partial charge in [-0.05, 0) is 60.1 Å². The van der Waals surface area contributed by atoms with Crippen LogP contribution in [-0.4, -0.2) is 108 Å². The molecular weight excluding hydrogens is 678 g/mol. The number of aromatic amines is 1. The van der Waals surface area contributed by atoms with Crippen molar-refractivity contribution in [2.45, 2.75) is 70.7 Å². The highest BCUT2D eigenvalue weighted by atomic mass is 16.4. The van der Waals surface area contributed by atoms with E-state index in [0.717, 1.165) is 5.56 Å². The van der Waals surface area contributed by atoms with E-state index in [4.69, 9.17) is 0 Å². The number of carboxylic acid groups (broad SMARTS) is 1. The van der Waals surface area contributed by atoms with Crippen LogP contribution in [0.1, 0.15) is 67.1 Å². The second kappa shape index (κ2) is 19.0. The first-order valence-electron chi connectivity index (χ1n) is 16.6. The summed E-state index contributed by atoms with van der Waals surface area (Å²) in [5.41, 5.74) is -1.31. The number of H-pyrrole nitrogens is 1. The van der Waals surface area contributed by atoms with Crippen molar-refractivity contribution in [2.24, 2.45) is 11.8 Å². The molecule has 18 nitrogen and oxygen atoms in total. The highest BCUT2D eigenvalue weighted by Gasteiger charge is 2.38. The normalized spacial score (nSPS) is 14.0. The maximum atomic E-state index is 13.6. The van der Waals surface area contributed by atoms with Gasteiger partial charge >= 0.3 is 5.97 Å². The van der Waals surface area contributed by atoms with Gasteiger partial charge in [-0.15, -0.1) is 10.2 Å². The number of benzene rings is 2. The number of aromatic carboxylic acids is 1. The fraction of sp³-hybridized carbons (Fsp3) is 0.441. The number of aliphatic hydroxyl groups is 2. The van der Waals surface area contributed by atoms with Crippen LogP contribution in [0.3, 0.4) is 0 Å². The Morgan fingerprint density at radius 3 is 2.17 bits per heavy atom. The lowest BCUT2D eigenvalue weighted by molar-refractivity contribution is -0.137. The molecule has 0 fully saturated rings. The van der Waals surface area contributed by atoms with Crippen LogP contribution in [0.5, 0.6) is 0 Å². The zero-order chi connectivity index (χ0) is 38.4. The number of aromatic nitrogens is 4. The Kier molecular flexibility index (Phi) is 14.9. The zero-order valence-corrected chi connectivity index (χ0v) is 29.3. The van der Waals surface area contributed by atoms with Gasteiger partial charge in [0.25, 0.3) is 17.6 Å². The van der Waals surface area contributed by atoms with Gasteiger partial charge in [0.15, 0.2) is 5.60 Å². The molecule has 0 bridgehead atoms. The number of hydrogen-bond donors (Lipinski definition) is 9. The maximum absolute atomic E-state index is 13.6. The number of carbonyl (C=O) groups is 6. The van der Waals surface area contributed by atoms with E-state index in [0.29, 0.717) is 0 Å². The standard InChI is InChI=1S/C34H45N9O9/c1-19(2)15-24(37-30(47)26(20(3)4)39-29(46)25(17-44)38-31(48)27-40-42-43-41-27)28(45)35-18-34(52,14-13-21-9-6-5-7-10-21)33(51)36-23-12-8-11-22(16-23)32(49)50/h5-12,16,19-20,24-26,44,52H,13-15,17-18H2,1-4H3,(H,35,45)(H,36,51)(H,37,47)(H,38,48)(H,39,46)(H,49,50)(H,40,41,42,43)/t24-,25-,26-,34?/m0/s1. The van der Waals surface area contributed by atoms with Crippen molar-refractivity contribution in [3.05, 3.63) is 71.5 Å². The average Bonchev–Trinajstić information content (AvgIpc) is 3.66. The molecule has 1 heterocycles. The number of aryl methyl sites for hydroxylation is 1. The van der Waals surface area contributed by atoms with E-state index in [-0.39, 0.29) is 42.3 Å². The minimum Gasteiger partial charge on any atom is -0.478 e. The first-order chi connectivity index (χ1) is 24.6. The van der Waals surface area contributed by atoms with Crippen molar-refractivity contribution in [3.63, 3.8) is 0 Å². The molecule has 9 N–H and O–H groups in total. The molecule has 1 aromatic heterocycles. The van der Waals surface area contributed by atoms with E-state index >= 15 is 0 Å². The second-order valence-electron chi connectivity index (χ2n) is 12.9. The summed E-state index contributed by atoms with van der Waals surface area (Å²) >= 11 is 0. The third kappa shape index (κ3) is 11.9. The number of rotatable bonds is 19. The quantitative estimate of drug-likeness (QED) is 0.0777. The van der Waals surface area contributed by atoms with Crippen molar-refractivity contribution < 1.29 is 44.1 Å². The predicted molar refractivity (Wildman–Crippen MR) is 185 cm³/mol.